The molecular weight excluding hydrogens is 202 g/mol. The molecule has 15 heavy (non-hydrogen) atoms. The highest BCUT2D eigenvalue weighted by molar-refractivity contribution is 5.92. The average molecular weight is 213 g/mol. The molecule has 0 bridgehead atoms. The quantitative estimate of drug-likeness (QED) is 0.421. The molecule has 1 aromatic heterocycles. The average Bonchev–Trinajstić information content (AvgIpc) is 2.41. The highest BCUT2D eigenvalue weighted by Crippen LogP contribution is 2.22. The molecule has 1 aromatic rings. The fourth-order valence-electron chi connectivity index (χ4n) is 1.29. The van der Waals surface area contributed by atoms with Gasteiger partial charge in [-0.05, 0) is 13.8 Å². The maximum atomic E-state index is 11.4. The highest BCUT2D eigenvalue weighted by Gasteiger charge is 2.29. The highest BCUT2D eigenvalue weighted by atomic mass is 16.6. The van der Waals surface area contributed by atoms with Gasteiger partial charge in [-0.2, -0.15) is 5.10 Å². The Morgan fingerprint density at radius 2 is 2.27 bits per heavy atom. The molecule has 0 aromatic carbocycles. The molecule has 82 valence electrons. The van der Waals surface area contributed by atoms with Crippen molar-refractivity contribution in [2.24, 2.45) is 7.05 Å². The monoisotopic (exact) mass is 213 g/mol. The molecule has 0 saturated heterocycles. The minimum absolute atomic E-state index is 0.126. The predicted octanol–water partition coefficient (Wildman–Crippen LogP) is 0.813. The van der Waals surface area contributed by atoms with Crippen LogP contribution in [0.15, 0.2) is 0 Å². The summed E-state index contributed by atoms with van der Waals surface area (Å²) >= 11 is 0. The standard InChI is InChI=1S/C8H11N3O4/c1-4-15-8(12)7-6(11(13)14)5(2)9-10(7)3/h4H2,1-3H3. The number of ether oxygens (including phenoxy) is 1. The molecule has 0 radical (unpaired) electrons. The van der Waals surface area contributed by atoms with Crippen LogP contribution in [-0.2, 0) is 11.8 Å². The van der Waals surface area contributed by atoms with Crippen LogP contribution in [0, 0.1) is 17.0 Å². The minimum Gasteiger partial charge on any atom is -0.461 e. The third-order valence-corrected chi connectivity index (χ3v) is 1.84. The Morgan fingerprint density at radius 3 is 2.73 bits per heavy atom. The van der Waals surface area contributed by atoms with Crippen molar-refractivity contribution in [3.8, 4) is 0 Å². The van der Waals surface area contributed by atoms with Crippen LogP contribution in [0.1, 0.15) is 23.1 Å². The Hall–Kier alpha value is -1.92. The maximum absolute atomic E-state index is 11.4. The number of carbonyl (C=O) groups is 1. The van der Waals surface area contributed by atoms with Crippen molar-refractivity contribution < 1.29 is 14.5 Å². The first kappa shape index (κ1) is 11.2. The van der Waals surface area contributed by atoms with Gasteiger partial charge >= 0.3 is 11.7 Å². The predicted molar refractivity (Wildman–Crippen MR) is 50.6 cm³/mol. The maximum Gasteiger partial charge on any atom is 0.363 e. The van der Waals surface area contributed by atoms with Crippen molar-refractivity contribution >= 4 is 11.7 Å². The van der Waals surface area contributed by atoms with Gasteiger partial charge in [0.2, 0.25) is 5.69 Å². The second-order valence-corrected chi connectivity index (χ2v) is 2.88. The number of rotatable bonds is 3. The summed E-state index contributed by atoms with van der Waals surface area (Å²) in [5, 5.41) is 14.5. The van der Waals surface area contributed by atoms with Crippen LogP contribution in [-0.4, -0.2) is 27.3 Å². The number of aryl methyl sites for hydroxylation is 2. The van der Waals surface area contributed by atoms with Gasteiger partial charge < -0.3 is 4.74 Å². The van der Waals surface area contributed by atoms with Crippen molar-refractivity contribution in [3.63, 3.8) is 0 Å². The minimum atomic E-state index is -0.729. The molecule has 0 fully saturated rings. The van der Waals surface area contributed by atoms with Crippen molar-refractivity contribution in [3.05, 3.63) is 21.5 Å². The Labute approximate surface area is 85.8 Å². The first-order valence-electron chi connectivity index (χ1n) is 4.34. The van der Waals surface area contributed by atoms with E-state index in [9.17, 15) is 14.9 Å². The van der Waals surface area contributed by atoms with Crippen molar-refractivity contribution in [1.29, 1.82) is 0 Å². The summed E-state index contributed by atoms with van der Waals surface area (Å²) in [6.07, 6.45) is 0. The van der Waals surface area contributed by atoms with Gasteiger partial charge in [-0.25, -0.2) is 4.79 Å². The molecule has 0 aliphatic heterocycles. The van der Waals surface area contributed by atoms with Gasteiger partial charge in [0.1, 0.15) is 5.69 Å². The van der Waals surface area contributed by atoms with E-state index in [1.165, 1.54) is 14.0 Å². The Bertz CT molecular complexity index is 410. The summed E-state index contributed by atoms with van der Waals surface area (Å²) in [6.45, 7) is 3.27. The number of nitrogens with zero attached hydrogens (tertiary/aromatic N) is 3. The first-order chi connectivity index (χ1) is 6.99. The summed E-state index contributed by atoms with van der Waals surface area (Å²) in [6, 6.07) is 0. The molecule has 0 amide bonds. The fraction of sp³-hybridized carbons (Fsp3) is 0.500. The largest absolute Gasteiger partial charge is 0.461 e. The van der Waals surface area contributed by atoms with Crippen LogP contribution in [0.4, 0.5) is 5.69 Å². The Kier molecular flexibility index (Phi) is 3.03. The molecule has 1 rings (SSSR count). The van der Waals surface area contributed by atoms with Crippen LogP contribution >= 0.6 is 0 Å². The summed E-state index contributed by atoms with van der Waals surface area (Å²) in [5.74, 6) is -0.729. The molecule has 0 spiro atoms. The van der Waals surface area contributed by atoms with E-state index in [-0.39, 0.29) is 23.7 Å². The van der Waals surface area contributed by atoms with Gasteiger partial charge in [0.05, 0.1) is 11.5 Å². The lowest BCUT2D eigenvalue weighted by Crippen LogP contribution is -2.12. The zero-order valence-corrected chi connectivity index (χ0v) is 8.68. The van der Waals surface area contributed by atoms with E-state index >= 15 is 0 Å². The SMILES string of the molecule is CCOC(=O)c1c([N+](=O)[O-])c(C)nn1C. The molecule has 0 saturated carbocycles. The molecule has 1 heterocycles. The molecule has 0 aliphatic carbocycles. The second kappa shape index (κ2) is 4.07. The topological polar surface area (TPSA) is 87.3 Å². The fourth-order valence-corrected chi connectivity index (χ4v) is 1.29. The van der Waals surface area contributed by atoms with E-state index in [2.05, 4.69) is 5.10 Å². The van der Waals surface area contributed by atoms with E-state index in [0.29, 0.717) is 0 Å². The molecule has 0 unspecified atom stereocenters. The summed E-state index contributed by atoms with van der Waals surface area (Å²) in [7, 11) is 1.46. The second-order valence-electron chi connectivity index (χ2n) is 2.88. The lowest BCUT2D eigenvalue weighted by atomic mass is 10.3. The third-order valence-electron chi connectivity index (χ3n) is 1.84. The van der Waals surface area contributed by atoms with Gasteiger partial charge in [-0.15, -0.1) is 0 Å². The summed E-state index contributed by atoms with van der Waals surface area (Å²) in [5.41, 5.74) is -0.221. The number of nitro groups is 1. The first-order valence-corrected chi connectivity index (χ1v) is 4.34. The van der Waals surface area contributed by atoms with E-state index in [0.717, 1.165) is 4.68 Å². The summed E-state index contributed by atoms with van der Waals surface area (Å²) < 4.78 is 5.87. The number of esters is 1. The van der Waals surface area contributed by atoms with Crippen LogP contribution in [0.2, 0.25) is 0 Å². The van der Waals surface area contributed by atoms with Crippen LogP contribution in [0.5, 0.6) is 0 Å². The normalized spacial score (nSPS) is 10.1. The van der Waals surface area contributed by atoms with Gasteiger partial charge in [0.15, 0.2) is 0 Å². The Morgan fingerprint density at radius 1 is 1.67 bits per heavy atom. The third kappa shape index (κ3) is 1.95. The van der Waals surface area contributed by atoms with E-state index in [4.69, 9.17) is 4.74 Å². The smallest absolute Gasteiger partial charge is 0.363 e. The van der Waals surface area contributed by atoms with E-state index < -0.39 is 10.9 Å². The van der Waals surface area contributed by atoms with Crippen LogP contribution in [0.3, 0.4) is 0 Å². The van der Waals surface area contributed by atoms with Gasteiger partial charge in [-0.3, -0.25) is 14.8 Å². The molecular formula is C8H11N3O4. The summed E-state index contributed by atoms with van der Waals surface area (Å²) in [4.78, 5) is 21.5. The van der Waals surface area contributed by atoms with Gasteiger partial charge in [-0.1, -0.05) is 0 Å². The van der Waals surface area contributed by atoms with E-state index in [1.54, 1.807) is 6.92 Å². The van der Waals surface area contributed by atoms with Crippen LogP contribution < -0.4 is 0 Å². The Balaban J connectivity index is 3.26. The lowest BCUT2D eigenvalue weighted by molar-refractivity contribution is -0.385. The van der Waals surface area contributed by atoms with E-state index in [1.807, 2.05) is 0 Å². The number of aromatic nitrogens is 2. The zero-order chi connectivity index (χ0) is 11.6. The molecule has 0 aliphatic rings. The number of hydrogen-bond donors (Lipinski definition) is 0. The van der Waals surface area contributed by atoms with Gasteiger partial charge in [0, 0.05) is 7.05 Å². The van der Waals surface area contributed by atoms with Gasteiger partial charge in [0.25, 0.3) is 0 Å². The van der Waals surface area contributed by atoms with Crippen molar-refractivity contribution in [2.75, 3.05) is 6.61 Å². The zero-order valence-electron chi connectivity index (χ0n) is 8.68. The number of hydrogen-bond acceptors (Lipinski definition) is 5. The number of carbonyl (C=O) groups excluding carboxylic acids is 1. The molecule has 0 atom stereocenters. The van der Waals surface area contributed by atoms with Crippen molar-refractivity contribution in [2.45, 2.75) is 13.8 Å². The molecule has 7 heteroatoms. The lowest BCUT2D eigenvalue weighted by Gasteiger charge is -2.00. The molecule has 7 nitrogen and oxygen atoms in total. The van der Waals surface area contributed by atoms with Crippen molar-refractivity contribution in [1.82, 2.24) is 9.78 Å². The van der Waals surface area contributed by atoms with Crippen LogP contribution in [0.25, 0.3) is 0 Å². The molecule has 0 N–H and O–H groups in total.